The summed E-state index contributed by atoms with van der Waals surface area (Å²) in [5, 5.41) is 22.4. The summed E-state index contributed by atoms with van der Waals surface area (Å²) in [4.78, 5) is 8.24. The lowest BCUT2D eigenvalue weighted by Gasteiger charge is -2.28. The Balaban J connectivity index is 1.44. The number of halogens is 2. The first-order valence-electron chi connectivity index (χ1n) is 10.3. The minimum absolute atomic E-state index is 0.0179. The van der Waals surface area contributed by atoms with Crippen LogP contribution in [0.3, 0.4) is 0 Å². The van der Waals surface area contributed by atoms with Gasteiger partial charge in [-0.2, -0.15) is 0 Å². The summed E-state index contributed by atoms with van der Waals surface area (Å²) in [6, 6.07) is 8.23. The van der Waals surface area contributed by atoms with Crippen LogP contribution in [0.15, 0.2) is 41.5 Å². The van der Waals surface area contributed by atoms with Crippen LogP contribution in [0.5, 0.6) is 0 Å². The Morgan fingerprint density at radius 2 is 2.19 bits per heavy atom. The molecule has 0 bridgehead atoms. The van der Waals surface area contributed by atoms with Crippen LogP contribution in [0, 0.1) is 23.1 Å². The number of rotatable bonds is 5. The molecule has 6 atom stereocenters. The van der Waals surface area contributed by atoms with Crippen LogP contribution >= 0.6 is 11.6 Å². The van der Waals surface area contributed by atoms with E-state index in [-0.39, 0.29) is 28.7 Å². The number of aliphatic hydroxyl groups excluding tert-OH is 2. The van der Waals surface area contributed by atoms with Crippen molar-refractivity contribution in [3.8, 4) is 0 Å². The zero-order valence-corrected chi connectivity index (χ0v) is 17.8. The molecule has 2 aliphatic carbocycles. The molecule has 8 heteroatoms. The summed E-state index contributed by atoms with van der Waals surface area (Å²) in [7, 11) is 0. The third-order valence-electron chi connectivity index (χ3n) is 7.36. The van der Waals surface area contributed by atoms with Crippen molar-refractivity contribution < 1.29 is 14.6 Å². The van der Waals surface area contributed by atoms with Gasteiger partial charge in [-0.3, -0.25) is 0 Å². The molecule has 2 saturated carbocycles. The largest absolute Gasteiger partial charge is 0.390 e. The van der Waals surface area contributed by atoms with Crippen LogP contribution in [-0.4, -0.2) is 38.7 Å². The van der Waals surface area contributed by atoms with Crippen LogP contribution in [0.25, 0.3) is 10.9 Å². The highest BCUT2D eigenvalue weighted by Crippen LogP contribution is 2.71. The van der Waals surface area contributed by atoms with Crippen molar-refractivity contribution in [1.82, 2.24) is 9.55 Å². The van der Waals surface area contributed by atoms with Gasteiger partial charge >= 0.3 is 0 Å². The number of hydrogen-bond acceptors (Lipinski definition) is 5. The molecule has 0 amide bonds. The molecule has 2 heterocycles. The maximum absolute atomic E-state index is 14.7. The van der Waals surface area contributed by atoms with Gasteiger partial charge < -0.3 is 20.5 Å². The zero-order valence-electron chi connectivity index (χ0n) is 17.0. The number of nitrogens with two attached hydrogens (primary N) is 1. The van der Waals surface area contributed by atoms with Crippen LogP contribution in [-0.2, 0) is 6.42 Å². The Kier molecular flexibility index (Phi) is 4.62. The number of nitrogen functional groups attached to an aromatic ring is 1. The number of anilines is 1. The second-order valence-corrected chi connectivity index (χ2v) is 9.29. The van der Waals surface area contributed by atoms with E-state index in [0.29, 0.717) is 23.1 Å². The summed E-state index contributed by atoms with van der Waals surface area (Å²) in [6.45, 7) is 5.65. The molecule has 0 spiro atoms. The molecule has 1 aromatic carbocycles. The summed E-state index contributed by atoms with van der Waals surface area (Å²) in [6.07, 6.45) is 1.44. The molecule has 3 aromatic rings. The molecule has 2 fully saturated rings. The molecule has 1 unspecified atom stereocenters. The van der Waals surface area contributed by atoms with E-state index in [2.05, 4.69) is 16.7 Å². The molecule has 0 radical (unpaired) electrons. The van der Waals surface area contributed by atoms with E-state index in [1.165, 1.54) is 12.1 Å². The van der Waals surface area contributed by atoms with Gasteiger partial charge in [0.25, 0.3) is 0 Å². The SMILES string of the molecule is C=Nc1cccn1[C@H]1[C@H](O)[C@H](O)[C@]2(C(C)Cc3cc(F)c4cc(Cl)c(N)nc4c3)C[C@H]12. The van der Waals surface area contributed by atoms with E-state index in [9.17, 15) is 14.6 Å². The van der Waals surface area contributed by atoms with E-state index in [1.807, 2.05) is 35.9 Å². The predicted molar refractivity (Wildman–Crippen MR) is 119 cm³/mol. The van der Waals surface area contributed by atoms with Gasteiger partial charge in [-0.25, -0.2) is 14.4 Å². The standard InChI is InChI=1S/C23H24ClFN4O2/c1-11(6-12-7-16(25)13-9-15(24)22(26)28-17(13)8-12)23-10-14(23)19(20(30)21(23)31)29-5-3-4-18(29)27-2/h3-5,7-9,11,14,19-21,30-31H,2,6,10H2,1H3,(H2,26,28)/t11?,14-,19-,20+,21+,23+/m1/s1. The average Bonchev–Trinajstić information content (AvgIpc) is 3.21. The number of fused-ring (bicyclic) bond motifs is 2. The number of nitrogens with zero attached hydrogens (tertiary/aromatic N) is 3. The molecule has 2 aromatic heterocycles. The van der Waals surface area contributed by atoms with Gasteiger partial charge in [0, 0.05) is 17.0 Å². The smallest absolute Gasteiger partial charge is 0.142 e. The van der Waals surface area contributed by atoms with Gasteiger partial charge in [0.05, 0.1) is 22.7 Å². The van der Waals surface area contributed by atoms with Crippen LogP contribution < -0.4 is 5.73 Å². The lowest BCUT2D eigenvalue weighted by molar-refractivity contribution is -0.0301. The van der Waals surface area contributed by atoms with Crippen molar-refractivity contribution in [2.24, 2.45) is 22.2 Å². The van der Waals surface area contributed by atoms with Crippen molar-refractivity contribution >= 4 is 40.9 Å². The molecular formula is C23H24ClFN4O2. The monoisotopic (exact) mass is 442 g/mol. The van der Waals surface area contributed by atoms with Crippen LogP contribution in [0.4, 0.5) is 16.0 Å². The maximum Gasteiger partial charge on any atom is 0.142 e. The summed E-state index contributed by atoms with van der Waals surface area (Å²) < 4.78 is 16.6. The van der Waals surface area contributed by atoms with E-state index >= 15 is 0 Å². The van der Waals surface area contributed by atoms with E-state index in [0.717, 1.165) is 12.0 Å². The Bertz CT molecular complexity index is 1200. The normalized spacial score (nSPS) is 30.4. The number of pyridine rings is 1. The minimum atomic E-state index is -0.897. The first-order chi connectivity index (χ1) is 14.8. The van der Waals surface area contributed by atoms with Gasteiger partial charge in [-0.05, 0) is 67.3 Å². The van der Waals surface area contributed by atoms with Crippen LogP contribution in [0.1, 0.15) is 24.9 Å². The highest BCUT2D eigenvalue weighted by Gasteiger charge is 2.72. The topological polar surface area (TPSA) is 96.7 Å². The fraction of sp³-hybridized carbons (Fsp3) is 0.391. The van der Waals surface area contributed by atoms with E-state index < -0.39 is 23.4 Å². The van der Waals surface area contributed by atoms with Crippen molar-refractivity contribution in [3.63, 3.8) is 0 Å². The van der Waals surface area contributed by atoms with Gasteiger partial charge in [-0.1, -0.05) is 18.5 Å². The molecule has 2 aliphatic rings. The number of aromatic nitrogens is 2. The number of benzene rings is 1. The van der Waals surface area contributed by atoms with Gasteiger partial charge in [0.1, 0.15) is 23.6 Å². The van der Waals surface area contributed by atoms with Crippen molar-refractivity contribution in [2.45, 2.75) is 38.0 Å². The summed E-state index contributed by atoms with van der Waals surface area (Å²) in [5.74, 6) is 0.557. The maximum atomic E-state index is 14.7. The highest BCUT2D eigenvalue weighted by molar-refractivity contribution is 6.33. The highest BCUT2D eigenvalue weighted by atomic mass is 35.5. The van der Waals surface area contributed by atoms with Crippen molar-refractivity contribution in [2.75, 3.05) is 5.73 Å². The Labute approximate surface area is 184 Å². The average molecular weight is 443 g/mol. The van der Waals surface area contributed by atoms with Crippen molar-refractivity contribution in [3.05, 3.63) is 52.9 Å². The van der Waals surface area contributed by atoms with Gasteiger partial charge in [-0.15, -0.1) is 0 Å². The Hall–Kier alpha value is -2.48. The lowest BCUT2D eigenvalue weighted by Crippen LogP contribution is -2.37. The molecule has 162 valence electrons. The number of aliphatic hydroxyl groups is 2. The predicted octanol–water partition coefficient (Wildman–Crippen LogP) is 3.90. The summed E-state index contributed by atoms with van der Waals surface area (Å²) in [5.41, 5.74) is 6.59. The first-order valence-corrected chi connectivity index (χ1v) is 10.7. The van der Waals surface area contributed by atoms with Gasteiger partial charge in [0.15, 0.2) is 0 Å². The molecule has 0 aliphatic heterocycles. The van der Waals surface area contributed by atoms with Crippen molar-refractivity contribution in [1.29, 1.82) is 0 Å². The minimum Gasteiger partial charge on any atom is -0.390 e. The molecule has 31 heavy (non-hydrogen) atoms. The molecule has 5 rings (SSSR count). The third kappa shape index (κ3) is 2.91. The molecule has 4 N–H and O–H groups in total. The van der Waals surface area contributed by atoms with Gasteiger partial charge in [0.2, 0.25) is 0 Å². The second-order valence-electron chi connectivity index (χ2n) is 8.89. The fourth-order valence-corrected chi connectivity index (χ4v) is 5.92. The Morgan fingerprint density at radius 3 is 2.94 bits per heavy atom. The third-order valence-corrected chi connectivity index (χ3v) is 7.67. The number of aliphatic imine (C=N–C) groups is 1. The fourth-order valence-electron chi connectivity index (χ4n) is 5.77. The van der Waals surface area contributed by atoms with Crippen LogP contribution in [0.2, 0.25) is 5.02 Å². The quantitative estimate of drug-likeness (QED) is 0.522. The molecule has 6 nitrogen and oxygen atoms in total. The number of hydrogen-bond donors (Lipinski definition) is 3. The summed E-state index contributed by atoms with van der Waals surface area (Å²) >= 11 is 5.98. The van der Waals surface area contributed by atoms with E-state index in [1.54, 1.807) is 0 Å². The Morgan fingerprint density at radius 1 is 1.42 bits per heavy atom. The van der Waals surface area contributed by atoms with E-state index in [4.69, 9.17) is 17.3 Å². The second kappa shape index (κ2) is 7.02. The first kappa shape index (κ1) is 20.4. The molecular weight excluding hydrogens is 419 g/mol. The molecule has 0 saturated heterocycles. The lowest BCUT2D eigenvalue weighted by atomic mass is 9.81. The zero-order chi connectivity index (χ0) is 22.1.